The second-order valence-corrected chi connectivity index (χ2v) is 10.3. The molecule has 8 nitrogen and oxygen atoms in total. The SMILES string of the molecule is COc1cnc(Cl)cc1-c1cnccc1C(=O)Nc1nnc(S[C@H]2Cc3ccccc3[C@H]2O)s1. The van der Waals surface area contributed by atoms with Crippen molar-refractivity contribution in [3.05, 3.63) is 76.8 Å². The Labute approximate surface area is 208 Å². The van der Waals surface area contributed by atoms with Gasteiger partial charge in [-0.15, -0.1) is 10.2 Å². The highest BCUT2D eigenvalue weighted by Crippen LogP contribution is 2.42. The number of aliphatic hydroxyl groups is 1. The molecule has 0 saturated carbocycles. The second-order valence-electron chi connectivity index (χ2n) is 7.46. The largest absolute Gasteiger partial charge is 0.494 e. The Kier molecular flexibility index (Phi) is 6.46. The van der Waals surface area contributed by atoms with Gasteiger partial charge in [0.25, 0.3) is 5.91 Å². The number of hydrogen-bond acceptors (Lipinski definition) is 9. The Balaban J connectivity index is 1.33. The Morgan fingerprint density at radius 3 is 2.91 bits per heavy atom. The zero-order valence-electron chi connectivity index (χ0n) is 17.8. The lowest BCUT2D eigenvalue weighted by Crippen LogP contribution is -2.13. The lowest BCUT2D eigenvalue weighted by atomic mass is 10.0. The fourth-order valence-corrected chi connectivity index (χ4v) is 6.16. The molecular formula is C23H18ClN5O3S2. The quantitative estimate of drug-likeness (QED) is 0.284. The van der Waals surface area contributed by atoms with Gasteiger partial charge in [0.2, 0.25) is 5.13 Å². The van der Waals surface area contributed by atoms with Gasteiger partial charge >= 0.3 is 0 Å². The molecule has 3 aromatic heterocycles. The molecule has 3 heterocycles. The molecule has 11 heteroatoms. The molecule has 5 rings (SSSR count). The van der Waals surface area contributed by atoms with E-state index in [0.29, 0.717) is 31.9 Å². The number of rotatable bonds is 6. The standard InChI is InChI=1S/C23H18ClN5O3S2/c1-32-17-11-26-19(24)9-15(17)16-10-25-7-6-14(16)21(31)27-22-28-29-23(34-22)33-18-8-12-4-2-3-5-13(12)20(18)30/h2-7,9-11,18,20,30H,8H2,1H3,(H,27,28,31)/t18-,20+/m0/s1. The molecule has 4 aromatic rings. The molecule has 0 spiro atoms. The van der Waals surface area contributed by atoms with Crippen molar-refractivity contribution >= 4 is 45.7 Å². The lowest BCUT2D eigenvalue weighted by molar-refractivity contribution is 0.102. The Morgan fingerprint density at radius 2 is 2.09 bits per heavy atom. The first-order valence-corrected chi connectivity index (χ1v) is 12.3. The number of halogens is 1. The van der Waals surface area contributed by atoms with Crippen molar-refractivity contribution in [3.63, 3.8) is 0 Å². The number of carbonyl (C=O) groups excluding carboxylic acids is 1. The van der Waals surface area contributed by atoms with E-state index < -0.39 is 6.10 Å². The molecule has 0 fully saturated rings. The summed E-state index contributed by atoms with van der Waals surface area (Å²) in [6.07, 6.45) is 4.79. The van der Waals surface area contributed by atoms with Crippen LogP contribution in [0.5, 0.6) is 5.75 Å². The number of nitrogens with zero attached hydrogens (tertiary/aromatic N) is 4. The van der Waals surface area contributed by atoms with Crippen LogP contribution < -0.4 is 10.1 Å². The molecule has 1 aliphatic rings. The van der Waals surface area contributed by atoms with Crippen molar-refractivity contribution in [2.24, 2.45) is 0 Å². The minimum absolute atomic E-state index is 0.0513. The van der Waals surface area contributed by atoms with E-state index in [4.69, 9.17) is 16.3 Å². The normalized spacial score (nSPS) is 16.8. The van der Waals surface area contributed by atoms with Gasteiger partial charge in [-0.2, -0.15) is 0 Å². The van der Waals surface area contributed by atoms with Crippen molar-refractivity contribution in [2.75, 3.05) is 12.4 Å². The van der Waals surface area contributed by atoms with E-state index in [1.54, 1.807) is 18.3 Å². The smallest absolute Gasteiger partial charge is 0.258 e. The summed E-state index contributed by atoms with van der Waals surface area (Å²) in [6.45, 7) is 0. The van der Waals surface area contributed by atoms with Crippen LogP contribution >= 0.6 is 34.7 Å². The van der Waals surface area contributed by atoms with Crippen LogP contribution in [0.25, 0.3) is 11.1 Å². The highest BCUT2D eigenvalue weighted by atomic mass is 35.5. The van der Waals surface area contributed by atoms with Crippen LogP contribution in [-0.4, -0.2) is 43.5 Å². The number of hydrogen-bond donors (Lipinski definition) is 2. The van der Waals surface area contributed by atoms with E-state index >= 15 is 0 Å². The Morgan fingerprint density at radius 1 is 1.24 bits per heavy atom. The highest BCUT2D eigenvalue weighted by Gasteiger charge is 2.32. The molecule has 0 aliphatic heterocycles. The molecule has 0 radical (unpaired) electrons. The number of amides is 1. The monoisotopic (exact) mass is 511 g/mol. The number of fused-ring (bicyclic) bond motifs is 1. The molecule has 0 bridgehead atoms. The van der Waals surface area contributed by atoms with Gasteiger partial charge in [0.05, 0.1) is 25.0 Å². The number of aromatic nitrogens is 4. The third-order valence-electron chi connectivity index (χ3n) is 5.44. The summed E-state index contributed by atoms with van der Waals surface area (Å²) in [7, 11) is 1.52. The van der Waals surface area contributed by atoms with Gasteiger partial charge in [-0.05, 0) is 29.7 Å². The zero-order valence-corrected chi connectivity index (χ0v) is 20.2. The fraction of sp³-hybridized carbons (Fsp3) is 0.174. The first kappa shape index (κ1) is 22.7. The van der Waals surface area contributed by atoms with Crippen LogP contribution in [-0.2, 0) is 6.42 Å². The summed E-state index contributed by atoms with van der Waals surface area (Å²) in [6, 6.07) is 11.1. The van der Waals surface area contributed by atoms with Gasteiger partial charge < -0.3 is 9.84 Å². The van der Waals surface area contributed by atoms with Crippen molar-refractivity contribution in [2.45, 2.75) is 22.1 Å². The summed E-state index contributed by atoms with van der Waals surface area (Å²) in [4.78, 5) is 21.3. The molecule has 0 unspecified atom stereocenters. The van der Waals surface area contributed by atoms with Crippen LogP contribution in [0.15, 0.2) is 59.3 Å². The van der Waals surface area contributed by atoms with Gasteiger partial charge in [-0.3, -0.25) is 15.1 Å². The van der Waals surface area contributed by atoms with E-state index in [9.17, 15) is 9.90 Å². The van der Waals surface area contributed by atoms with Crippen LogP contribution in [0.2, 0.25) is 5.15 Å². The first-order chi connectivity index (χ1) is 16.5. The third kappa shape index (κ3) is 4.49. The van der Waals surface area contributed by atoms with Crippen molar-refractivity contribution in [1.82, 2.24) is 20.2 Å². The third-order valence-corrected chi connectivity index (χ3v) is 7.83. The minimum atomic E-state index is -0.565. The minimum Gasteiger partial charge on any atom is -0.494 e. The summed E-state index contributed by atoms with van der Waals surface area (Å²) < 4.78 is 6.05. The molecule has 0 saturated heterocycles. The van der Waals surface area contributed by atoms with Crippen molar-refractivity contribution < 1.29 is 14.6 Å². The maximum atomic E-state index is 13.1. The number of benzene rings is 1. The predicted molar refractivity (Wildman–Crippen MR) is 132 cm³/mol. The number of methoxy groups -OCH3 is 1. The summed E-state index contributed by atoms with van der Waals surface area (Å²) in [5.41, 5.74) is 3.62. The molecule has 2 atom stereocenters. The van der Waals surface area contributed by atoms with Gasteiger partial charge in [-0.1, -0.05) is 59.0 Å². The van der Waals surface area contributed by atoms with E-state index in [1.165, 1.54) is 42.6 Å². The summed E-state index contributed by atoms with van der Waals surface area (Å²) in [5.74, 6) is 0.102. The van der Waals surface area contributed by atoms with Crippen molar-refractivity contribution in [3.8, 4) is 16.9 Å². The van der Waals surface area contributed by atoms with E-state index in [-0.39, 0.29) is 16.3 Å². The maximum Gasteiger partial charge on any atom is 0.258 e. The summed E-state index contributed by atoms with van der Waals surface area (Å²) in [5, 5.41) is 22.3. The number of aliphatic hydroxyl groups excluding tert-OH is 1. The molecular weight excluding hydrogens is 494 g/mol. The average molecular weight is 512 g/mol. The number of ether oxygens (including phenoxy) is 1. The summed E-state index contributed by atoms with van der Waals surface area (Å²) >= 11 is 8.80. The molecule has 172 valence electrons. The molecule has 2 N–H and O–H groups in total. The van der Waals surface area contributed by atoms with Gasteiger partial charge in [0.15, 0.2) is 4.34 Å². The average Bonchev–Trinajstić information content (AvgIpc) is 3.43. The highest BCUT2D eigenvalue weighted by molar-refractivity contribution is 8.01. The molecule has 1 aromatic carbocycles. The predicted octanol–water partition coefficient (Wildman–Crippen LogP) is 4.66. The van der Waals surface area contributed by atoms with E-state index in [0.717, 1.165) is 17.5 Å². The lowest BCUT2D eigenvalue weighted by Gasteiger charge is -2.12. The van der Waals surface area contributed by atoms with Crippen LogP contribution in [0.4, 0.5) is 5.13 Å². The fourth-order valence-electron chi connectivity index (χ4n) is 3.84. The number of pyridine rings is 2. The maximum absolute atomic E-state index is 13.1. The Hall–Kier alpha value is -3.05. The van der Waals surface area contributed by atoms with E-state index in [1.807, 2.05) is 24.3 Å². The van der Waals surface area contributed by atoms with Crippen molar-refractivity contribution in [1.29, 1.82) is 0 Å². The van der Waals surface area contributed by atoms with Crippen LogP contribution in [0.3, 0.4) is 0 Å². The topological polar surface area (TPSA) is 110 Å². The molecule has 34 heavy (non-hydrogen) atoms. The number of thioether (sulfide) groups is 1. The molecule has 1 aliphatic carbocycles. The number of nitrogens with one attached hydrogen (secondary N) is 1. The van der Waals surface area contributed by atoms with Crippen LogP contribution in [0.1, 0.15) is 27.6 Å². The number of anilines is 1. The van der Waals surface area contributed by atoms with Gasteiger partial charge in [-0.25, -0.2) is 4.98 Å². The van der Waals surface area contributed by atoms with Crippen LogP contribution in [0, 0.1) is 0 Å². The van der Waals surface area contributed by atoms with Gasteiger partial charge in [0, 0.05) is 28.8 Å². The second kappa shape index (κ2) is 9.67. The van der Waals surface area contributed by atoms with E-state index in [2.05, 4.69) is 25.5 Å². The Bertz CT molecular complexity index is 1370. The zero-order chi connectivity index (χ0) is 23.7. The molecule has 1 amide bonds. The number of carbonyl (C=O) groups is 1. The first-order valence-electron chi connectivity index (χ1n) is 10.2. The van der Waals surface area contributed by atoms with Gasteiger partial charge in [0.1, 0.15) is 10.9 Å².